The predicted molar refractivity (Wildman–Crippen MR) is 41.8 cm³/mol. The molecule has 3 heteroatoms. The molecule has 0 spiro atoms. The van der Waals surface area contributed by atoms with Crippen LogP contribution in [-0.2, 0) is 4.79 Å². The molecule has 0 aromatic heterocycles. The number of hydrogen-bond acceptors (Lipinski definition) is 2. The molecule has 0 aromatic rings. The molecule has 2 N–H and O–H groups in total. The Balaban J connectivity index is 3.21. The van der Waals surface area contributed by atoms with Crippen molar-refractivity contribution in [3.05, 3.63) is 0 Å². The Morgan fingerprint density at radius 2 is 2.20 bits per heavy atom. The molecule has 0 aliphatic rings. The molecule has 60 valence electrons. The number of amides is 1. The Morgan fingerprint density at radius 1 is 1.60 bits per heavy atom. The van der Waals surface area contributed by atoms with Gasteiger partial charge in [0.2, 0.25) is 5.91 Å². The molecule has 0 bridgehead atoms. The van der Waals surface area contributed by atoms with Gasteiger partial charge in [-0.3, -0.25) is 4.79 Å². The number of rotatable bonds is 4. The second kappa shape index (κ2) is 5.23. The lowest BCUT2D eigenvalue weighted by Crippen LogP contribution is -2.37. The first-order valence-corrected chi connectivity index (χ1v) is 3.64. The van der Waals surface area contributed by atoms with Crippen LogP contribution in [0.5, 0.6) is 0 Å². The SMILES string of the molecule is CCN[C@@H](C)CNC(C)=O. The van der Waals surface area contributed by atoms with Crippen LogP contribution in [0.2, 0.25) is 0 Å². The third kappa shape index (κ3) is 5.56. The van der Waals surface area contributed by atoms with Gasteiger partial charge >= 0.3 is 0 Å². The van der Waals surface area contributed by atoms with Crippen LogP contribution in [0.25, 0.3) is 0 Å². The second-order valence-electron chi connectivity index (χ2n) is 2.40. The molecule has 3 nitrogen and oxygen atoms in total. The first kappa shape index (κ1) is 9.43. The molecule has 0 heterocycles. The second-order valence-corrected chi connectivity index (χ2v) is 2.40. The lowest BCUT2D eigenvalue weighted by atomic mass is 10.3. The minimum atomic E-state index is 0.0322. The standard InChI is InChI=1S/C7H16N2O/c1-4-8-6(2)5-9-7(3)10/h6,8H,4-5H2,1-3H3,(H,9,10)/t6-/m0/s1. The van der Waals surface area contributed by atoms with Crippen molar-refractivity contribution in [2.24, 2.45) is 0 Å². The number of carbonyl (C=O) groups is 1. The summed E-state index contributed by atoms with van der Waals surface area (Å²) in [6, 6.07) is 0.369. The Morgan fingerprint density at radius 3 is 2.60 bits per heavy atom. The van der Waals surface area contributed by atoms with E-state index in [4.69, 9.17) is 0 Å². The predicted octanol–water partition coefficient (Wildman–Crippen LogP) is 0.120. The van der Waals surface area contributed by atoms with Crippen molar-refractivity contribution in [1.29, 1.82) is 0 Å². The van der Waals surface area contributed by atoms with Gasteiger partial charge in [0.1, 0.15) is 0 Å². The van der Waals surface area contributed by atoms with Crippen molar-refractivity contribution in [1.82, 2.24) is 10.6 Å². The maximum absolute atomic E-state index is 10.4. The zero-order valence-electron chi connectivity index (χ0n) is 6.90. The summed E-state index contributed by atoms with van der Waals surface area (Å²) >= 11 is 0. The summed E-state index contributed by atoms with van der Waals surface area (Å²) in [5.41, 5.74) is 0. The third-order valence-corrected chi connectivity index (χ3v) is 1.21. The lowest BCUT2D eigenvalue weighted by Gasteiger charge is -2.11. The van der Waals surface area contributed by atoms with E-state index in [9.17, 15) is 4.79 Å². The van der Waals surface area contributed by atoms with Gasteiger partial charge in [0.05, 0.1) is 0 Å². The topological polar surface area (TPSA) is 41.1 Å². The zero-order valence-corrected chi connectivity index (χ0v) is 6.90. The number of nitrogens with one attached hydrogen (secondary N) is 2. The van der Waals surface area contributed by atoms with Crippen LogP contribution in [0.3, 0.4) is 0 Å². The third-order valence-electron chi connectivity index (χ3n) is 1.21. The van der Waals surface area contributed by atoms with E-state index < -0.39 is 0 Å². The minimum Gasteiger partial charge on any atom is -0.355 e. The van der Waals surface area contributed by atoms with Crippen LogP contribution in [-0.4, -0.2) is 25.0 Å². The minimum absolute atomic E-state index is 0.0322. The van der Waals surface area contributed by atoms with Gasteiger partial charge in [-0.05, 0) is 13.5 Å². The molecule has 0 aliphatic heterocycles. The molecule has 0 radical (unpaired) electrons. The van der Waals surface area contributed by atoms with Crippen molar-refractivity contribution in [2.75, 3.05) is 13.1 Å². The van der Waals surface area contributed by atoms with E-state index in [1.165, 1.54) is 6.92 Å². The molecule has 0 saturated heterocycles. The lowest BCUT2D eigenvalue weighted by molar-refractivity contribution is -0.119. The van der Waals surface area contributed by atoms with Crippen molar-refractivity contribution in [3.63, 3.8) is 0 Å². The van der Waals surface area contributed by atoms with Gasteiger partial charge in [-0.15, -0.1) is 0 Å². The van der Waals surface area contributed by atoms with Gasteiger partial charge in [-0.2, -0.15) is 0 Å². The first-order chi connectivity index (χ1) is 4.66. The van der Waals surface area contributed by atoms with Gasteiger partial charge in [0.25, 0.3) is 0 Å². The summed E-state index contributed by atoms with van der Waals surface area (Å²) in [6.07, 6.45) is 0. The highest BCUT2D eigenvalue weighted by molar-refractivity contribution is 5.72. The number of carbonyl (C=O) groups excluding carboxylic acids is 1. The molecule has 0 fully saturated rings. The van der Waals surface area contributed by atoms with Gasteiger partial charge in [-0.25, -0.2) is 0 Å². The van der Waals surface area contributed by atoms with E-state index in [1.54, 1.807) is 0 Å². The molecule has 1 amide bonds. The van der Waals surface area contributed by atoms with Crippen molar-refractivity contribution < 1.29 is 4.79 Å². The highest BCUT2D eigenvalue weighted by Gasteiger charge is 1.98. The maximum Gasteiger partial charge on any atom is 0.216 e. The van der Waals surface area contributed by atoms with E-state index in [-0.39, 0.29) is 5.91 Å². The summed E-state index contributed by atoms with van der Waals surface area (Å²) in [5.74, 6) is 0.0322. The van der Waals surface area contributed by atoms with Crippen LogP contribution < -0.4 is 10.6 Å². The summed E-state index contributed by atoms with van der Waals surface area (Å²) in [6.45, 7) is 7.27. The normalized spacial score (nSPS) is 12.7. The summed E-state index contributed by atoms with van der Waals surface area (Å²) in [4.78, 5) is 10.4. The molecular weight excluding hydrogens is 128 g/mol. The molecule has 0 rings (SSSR count). The van der Waals surface area contributed by atoms with Crippen LogP contribution in [0.1, 0.15) is 20.8 Å². The van der Waals surface area contributed by atoms with Crippen LogP contribution >= 0.6 is 0 Å². The van der Waals surface area contributed by atoms with Crippen LogP contribution in [0.15, 0.2) is 0 Å². The van der Waals surface area contributed by atoms with E-state index in [1.807, 2.05) is 13.8 Å². The number of hydrogen-bond donors (Lipinski definition) is 2. The number of likely N-dealkylation sites (N-methyl/N-ethyl adjacent to an activating group) is 1. The van der Waals surface area contributed by atoms with Crippen LogP contribution in [0, 0.1) is 0 Å². The largest absolute Gasteiger partial charge is 0.355 e. The summed E-state index contributed by atoms with van der Waals surface area (Å²) in [5, 5.41) is 5.91. The molecule has 0 unspecified atom stereocenters. The van der Waals surface area contributed by atoms with E-state index in [0.29, 0.717) is 12.6 Å². The Labute approximate surface area is 62.2 Å². The van der Waals surface area contributed by atoms with E-state index >= 15 is 0 Å². The average Bonchev–Trinajstić information content (AvgIpc) is 1.85. The molecule has 0 aliphatic carbocycles. The highest BCUT2D eigenvalue weighted by atomic mass is 16.1. The van der Waals surface area contributed by atoms with Crippen molar-refractivity contribution in [3.8, 4) is 0 Å². The molecular formula is C7H16N2O. The van der Waals surface area contributed by atoms with Crippen LogP contribution in [0.4, 0.5) is 0 Å². The summed E-state index contributed by atoms with van der Waals surface area (Å²) < 4.78 is 0. The molecule has 0 aromatic carbocycles. The summed E-state index contributed by atoms with van der Waals surface area (Å²) in [7, 11) is 0. The van der Waals surface area contributed by atoms with Gasteiger partial charge < -0.3 is 10.6 Å². The average molecular weight is 144 g/mol. The zero-order chi connectivity index (χ0) is 7.98. The van der Waals surface area contributed by atoms with Crippen molar-refractivity contribution in [2.45, 2.75) is 26.8 Å². The fourth-order valence-corrected chi connectivity index (χ4v) is 0.717. The Hall–Kier alpha value is -0.570. The first-order valence-electron chi connectivity index (χ1n) is 3.64. The van der Waals surface area contributed by atoms with Gasteiger partial charge in [-0.1, -0.05) is 6.92 Å². The van der Waals surface area contributed by atoms with E-state index in [2.05, 4.69) is 10.6 Å². The molecule has 0 saturated carbocycles. The Kier molecular flexibility index (Phi) is 4.94. The molecule has 10 heavy (non-hydrogen) atoms. The fraction of sp³-hybridized carbons (Fsp3) is 0.857. The highest BCUT2D eigenvalue weighted by Crippen LogP contribution is 1.76. The maximum atomic E-state index is 10.4. The smallest absolute Gasteiger partial charge is 0.216 e. The molecule has 1 atom stereocenters. The van der Waals surface area contributed by atoms with Gasteiger partial charge in [0, 0.05) is 19.5 Å². The quantitative estimate of drug-likeness (QED) is 0.588. The van der Waals surface area contributed by atoms with Gasteiger partial charge in [0.15, 0.2) is 0 Å². The van der Waals surface area contributed by atoms with E-state index in [0.717, 1.165) is 6.54 Å². The Bertz CT molecular complexity index is 104. The fourth-order valence-electron chi connectivity index (χ4n) is 0.717. The van der Waals surface area contributed by atoms with Crippen molar-refractivity contribution >= 4 is 5.91 Å². The monoisotopic (exact) mass is 144 g/mol.